The van der Waals surface area contributed by atoms with E-state index in [-0.39, 0.29) is 37.2 Å². The number of carbonyl (C=O) groups excluding carboxylic acids is 1. The van der Waals surface area contributed by atoms with E-state index < -0.39 is 63.1 Å². The first-order valence-corrected chi connectivity index (χ1v) is 12.2. The first-order chi connectivity index (χ1) is 16.6. The largest absolute Gasteiger partial charge is 0.483 e. The Morgan fingerprint density at radius 3 is 2.34 bits per heavy atom. The van der Waals surface area contributed by atoms with Gasteiger partial charge in [-0.05, 0) is 37.1 Å². The molecule has 1 fully saturated rings. The molecule has 13 heteroatoms. The van der Waals surface area contributed by atoms with Crippen molar-refractivity contribution in [3.63, 3.8) is 0 Å². The van der Waals surface area contributed by atoms with Gasteiger partial charge in [-0.25, -0.2) is 26.3 Å². The van der Waals surface area contributed by atoms with Gasteiger partial charge in [-0.1, -0.05) is 18.2 Å². The zero-order chi connectivity index (χ0) is 25.6. The highest BCUT2D eigenvalue weighted by molar-refractivity contribution is 7.90. The summed E-state index contributed by atoms with van der Waals surface area (Å²) < 4.78 is 73.2. The maximum atomic E-state index is 15.2. The number of ether oxygens (including phenoxy) is 1. The molecule has 35 heavy (non-hydrogen) atoms. The van der Waals surface area contributed by atoms with Crippen LogP contribution in [0.3, 0.4) is 0 Å². The lowest BCUT2D eigenvalue weighted by molar-refractivity contribution is -0.386. The molecule has 0 atom stereocenters. The smallest absolute Gasteiger partial charge is 0.312 e. The zero-order valence-corrected chi connectivity index (χ0v) is 19.3. The Morgan fingerprint density at radius 2 is 1.77 bits per heavy atom. The topological polar surface area (TPSA) is 119 Å². The number of nitrogens with zero attached hydrogens (tertiary/aromatic N) is 2. The maximum Gasteiger partial charge on any atom is 0.312 e. The van der Waals surface area contributed by atoms with Gasteiger partial charge >= 0.3 is 5.69 Å². The molecular weight excluding hydrogens is 491 g/mol. The van der Waals surface area contributed by atoms with Crippen LogP contribution in [0.15, 0.2) is 53.4 Å². The quantitative estimate of drug-likeness (QED) is 0.381. The number of nitro benzene ring substituents is 1. The van der Waals surface area contributed by atoms with Crippen molar-refractivity contribution >= 4 is 21.6 Å². The second-order valence-corrected chi connectivity index (χ2v) is 9.81. The van der Waals surface area contributed by atoms with E-state index in [4.69, 9.17) is 4.74 Å². The molecule has 190 valence electrons. The summed E-state index contributed by atoms with van der Waals surface area (Å²) in [5.74, 6) is -1.27. The van der Waals surface area contributed by atoms with Crippen LogP contribution in [0.4, 0.5) is 18.9 Å². The van der Waals surface area contributed by atoms with Crippen LogP contribution in [0.5, 0.6) is 5.75 Å². The Labute approximate surface area is 200 Å². The molecule has 0 aliphatic carbocycles. The normalized spacial score (nSPS) is 16.1. The lowest BCUT2D eigenvalue weighted by Crippen LogP contribution is -2.50. The van der Waals surface area contributed by atoms with Crippen molar-refractivity contribution in [2.75, 3.05) is 33.0 Å². The molecule has 1 aliphatic rings. The number of carbonyl (C=O) groups is 1. The fourth-order valence-corrected chi connectivity index (χ4v) is 4.63. The van der Waals surface area contributed by atoms with E-state index in [1.165, 1.54) is 17.0 Å². The van der Waals surface area contributed by atoms with Crippen LogP contribution in [0.2, 0.25) is 0 Å². The molecule has 0 unspecified atom stereocenters. The second kappa shape index (κ2) is 11.0. The predicted octanol–water partition coefficient (Wildman–Crippen LogP) is 3.20. The Kier molecular flexibility index (Phi) is 8.33. The molecule has 1 N–H and O–H groups in total. The monoisotopic (exact) mass is 515 g/mol. The van der Waals surface area contributed by atoms with Crippen molar-refractivity contribution in [1.29, 1.82) is 0 Å². The van der Waals surface area contributed by atoms with Gasteiger partial charge in [0.2, 0.25) is 0 Å². The number of nitro groups is 1. The molecule has 9 nitrogen and oxygen atoms in total. The number of hydrogen-bond acceptors (Lipinski definition) is 7. The third-order valence-corrected chi connectivity index (χ3v) is 7.08. The highest BCUT2D eigenvalue weighted by Gasteiger charge is 2.38. The van der Waals surface area contributed by atoms with Gasteiger partial charge in [0.05, 0.1) is 15.9 Å². The third-order valence-electron chi connectivity index (χ3n) is 5.75. The van der Waals surface area contributed by atoms with Gasteiger partial charge in [0.1, 0.15) is 25.6 Å². The highest BCUT2D eigenvalue weighted by atomic mass is 32.2. The first kappa shape index (κ1) is 26.4. The van der Waals surface area contributed by atoms with Gasteiger partial charge in [-0.15, -0.1) is 0 Å². The van der Waals surface area contributed by atoms with Gasteiger partial charge in [-0.2, -0.15) is 0 Å². The number of hydrogen-bond donors (Lipinski definition) is 1. The summed E-state index contributed by atoms with van der Waals surface area (Å²) in [5, 5.41) is 11.5. The fraction of sp³-hybridized carbons (Fsp3) is 0.409. The molecule has 1 aliphatic heterocycles. The van der Waals surface area contributed by atoms with E-state index in [0.717, 1.165) is 18.2 Å². The number of sulfonamides is 1. The maximum absolute atomic E-state index is 15.2. The molecule has 0 bridgehead atoms. The minimum absolute atomic E-state index is 0.0779. The minimum atomic E-state index is -4.45. The second-order valence-electron chi connectivity index (χ2n) is 8.13. The predicted molar refractivity (Wildman–Crippen MR) is 120 cm³/mol. The molecule has 2 aromatic rings. The Hall–Kier alpha value is -3.19. The van der Waals surface area contributed by atoms with Crippen LogP contribution >= 0.6 is 0 Å². The Balaban J connectivity index is 1.71. The van der Waals surface area contributed by atoms with Gasteiger partial charge in [0.15, 0.2) is 5.75 Å². The molecule has 0 radical (unpaired) electrons. The summed E-state index contributed by atoms with van der Waals surface area (Å²) >= 11 is 0. The van der Waals surface area contributed by atoms with Gasteiger partial charge in [0, 0.05) is 24.7 Å². The van der Waals surface area contributed by atoms with Crippen molar-refractivity contribution in [1.82, 2.24) is 9.62 Å². The van der Waals surface area contributed by atoms with Gasteiger partial charge in [0.25, 0.3) is 15.9 Å². The number of halogens is 3. The molecule has 1 amide bonds. The van der Waals surface area contributed by atoms with Crippen LogP contribution in [0, 0.1) is 10.1 Å². The van der Waals surface area contributed by atoms with Crippen molar-refractivity contribution < 1.29 is 36.0 Å². The summed E-state index contributed by atoms with van der Waals surface area (Å²) in [6.07, 6.45) is -0.176. The van der Waals surface area contributed by atoms with Crippen molar-refractivity contribution in [2.24, 2.45) is 0 Å². The Morgan fingerprint density at radius 1 is 1.14 bits per heavy atom. The number of benzene rings is 2. The van der Waals surface area contributed by atoms with E-state index >= 15 is 4.39 Å². The van der Waals surface area contributed by atoms with Crippen molar-refractivity contribution in [3.8, 4) is 5.75 Å². The lowest BCUT2D eigenvalue weighted by atomic mass is 9.93. The van der Waals surface area contributed by atoms with Crippen molar-refractivity contribution in [3.05, 3.63) is 64.2 Å². The standard InChI is InChI=1S/C22H24F3N3O6S/c23-13-17(14-24)27-10-8-22(25,9-11-27)15-34-20-7-6-18(12-19(20)28(30)31)35(32,33)26-21(29)16-4-2-1-3-5-16/h1-7,12,17H,8-11,13-15H2,(H,26,29). The summed E-state index contributed by atoms with van der Waals surface area (Å²) in [4.78, 5) is 23.8. The summed E-state index contributed by atoms with van der Waals surface area (Å²) in [6.45, 7) is -2.15. The summed E-state index contributed by atoms with van der Waals surface area (Å²) in [7, 11) is -4.45. The van der Waals surface area contributed by atoms with E-state index in [0.29, 0.717) is 0 Å². The fourth-order valence-electron chi connectivity index (χ4n) is 3.64. The molecular formula is C22H24F3N3O6S. The van der Waals surface area contributed by atoms with Gasteiger partial charge in [-0.3, -0.25) is 19.8 Å². The molecule has 1 saturated heterocycles. The average molecular weight is 516 g/mol. The summed E-state index contributed by atoms with van der Waals surface area (Å²) in [6, 6.07) is 9.33. The average Bonchev–Trinajstić information content (AvgIpc) is 2.85. The molecule has 0 saturated carbocycles. The third kappa shape index (κ3) is 6.48. The van der Waals surface area contributed by atoms with Crippen LogP contribution < -0.4 is 9.46 Å². The minimum Gasteiger partial charge on any atom is -0.483 e. The summed E-state index contributed by atoms with van der Waals surface area (Å²) in [5.41, 5.74) is -2.53. The Bertz CT molecular complexity index is 1150. The van der Waals surface area contributed by atoms with Crippen LogP contribution in [0.25, 0.3) is 0 Å². The lowest BCUT2D eigenvalue weighted by Gasteiger charge is -2.38. The molecule has 0 aromatic heterocycles. The first-order valence-electron chi connectivity index (χ1n) is 10.7. The van der Waals surface area contributed by atoms with Crippen LogP contribution in [0.1, 0.15) is 23.2 Å². The zero-order valence-electron chi connectivity index (χ0n) is 18.5. The number of alkyl halides is 3. The molecule has 2 aromatic carbocycles. The number of piperidine rings is 1. The highest BCUT2D eigenvalue weighted by Crippen LogP contribution is 2.33. The number of nitrogens with one attached hydrogen (secondary N) is 1. The molecule has 1 heterocycles. The number of rotatable bonds is 10. The van der Waals surface area contributed by atoms with Crippen LogP contribution in [-0.2, 0) is 10.0 Å². The van der Waals surface area contributed by atoms with E-state index in [1.54, 1.807) is 18.2 Å². The van der Waals surface area contributed by atoms with Crippen LogP contribution in [-0.4, -0.2) is 68.9 Å². The van der Waals surface area contributed by atoms with Gasteiger partial charge < -0.3 is 4.74 Å². The SMILES string of the molecule is O=C(NS(=O)(=O)c1ccc(OCC2(F)CCN(C(CF)CF)CC2)c([N+](=O)[O-])c1)c1ccccc1. The van der Waals surface area contributed by atoms with E-state index in [2.05, 4.69) is 0 Å². The molecule has 3 rings (SSSR count). The molecule has 0 spiro atoms. The van der Waals surface area contributed by atoms with E-state index in [1.807, 2.05) is 4.72 Å². The number of amides is 1. The van der Waals surface area contributed by atoms with E-state index in [9.17, 15) is 32.1 Å². The number of likely N-dealkylation sites (tertiary alicyclic amines) is 1. The van der Waals surface area contributed by atoms with Crippen molar-refractivity contribution in [2.45, 2.75) is 29.4 Å².